The van der Waals surface area contributed by atoms with E-state index >= 15 is 0 Å². The molecule has 2 heterocycles. The highest BCUT2D eigenvalue weighted by molar-refractivity contribution is 6.17. The highest BCUT2D eigenvalue weighted by Gasteiger charge is 2.18. The third-order valence-electron chi connectivity index (χ3n) is 4.71. The third-order valence-corrected chi connectivity index (χ3v) is 5.02. The predicted octanol–water partition coefficient (Wildman–Crippen LogP) is 5.64. The van der Waals surface area contributed by atoms with Gasteiger partial charge in [0.25, 0.3) is 5.91 Å². The number of alkyl halides is 1. The molecular formula is C24H20ClN5O. The number of carbonyl (C=O) groups excluding carboxylic acids is 1. The summed E-state index contributed by atoms with van der Waals surface area (Å²) in [5.41, 5.74) is 3.99. The van der Waals surface area contributed by atoms with E-state index in [1.807, 2.05) is 60.4 Å². The van der Waals surface area contributed by atoms with Gasteiger partial charge in [-0.25, -0.2) is 15.0 Å². The largest absolute Gasteiger partial charge is 0.322 e. The minimum absolute atomic E-state index is 0.198. The second-order valence-electron chi connectivity index (χ2n) is 6.86. The second kappa shape index (κ2) is 9.36. The van der Waals surface area contributed by atoms with E-state index in [9.17, 15) is 4.79 Å². The Balaban J connectivity index is 1.69. The van der Waals surface area contributed by atoms with Crippen LogP contribution in [-0.4, -0.2) is 20.9 Å². The first-order valence-corrected chi connectivity index (χ1v) is 10.2. The first-order valence-electron chi connectivity index (χ1n) is 9.71. The van der Waals surface area contributed by atoms with Gasteiger partial charge in [-0.1, -0.05) is 24.3 Å². The van der Waals surface area contributed by atoms with Crippen molar-refractivity contribution in [2.24, 2.45) is 0 Å². The lowest BCUT2D eigenvalue weighted by Crippen LogP contribution is -2.17. The highest BCUT2D eigenvalue weighted by atomic mass is 35.5. The summed E-state index contributed by atoms with van der Waals surface area (Å²) in [6.07, 6.45) is 5.09. The number of aromatic nitrogens is 3. The standard InChI is InChI=1S/C24H20ClN5O/c1-17-6-11-20(29-23(31)19-9-7-18(16-25)8-10-19)15-21(17)30(22-5-2-3-12-26-22)24-27-13-4-14-28-24/h2-15H,16H2,1H3,(H,29,31). The number of hydrogen-bond acceptors (Lipinski definition) is 5. The van der Waals surface area contributed by atoms with Crippen molar-refractivity contribution in [3.63, 3.8) is 0 Å². The van der Waals surface area contributed by atoms with Crippen molar-refractivity contribution < 1.29 is 4.79 Å². The molecule has 0 saturated carbocycles. The van der Waals surface area contributed by atoms with Gasteiger partial charge >= 0.3 is 0 Å². The van der Waals surface area contributed by atoms with E-state index in [-0.39, 0.29) is 5.91 Å². The minimum atomic E-state index is -0.198. The van der Waals surface area contributed by atoms with Gasteiger partial charge in [0.15, 0.2) is 0 Å². The van der Waals surface area contributed by atoms with Gasteiger partial charge in [-0.3, -0.25) is 9.69 Å². The van der Waals surface area contributed by atoms with Gasteiger partial charge in [-0.15, -0.1) is 11.6 Å². The van der Waals surface area contributed by atoms with Crippen molar-refractivity contribution in [3.05, 3.63) is 102 Å². The van der Waals surface area contributed by atoms with Crippen LogP contribution < -0.4 is 10.2 Å². The zero-order valence-corrected chi connectivity index (χ0v) is 17.6. The third kappa shape index (κ3) is 4.70. The van der Waals surface area contributed by atoms with Crippen LogP contribution in [0.2, 0.25) is 0 Å². The van der Waals surface area contributed by atoms with Crippen molar-refractivity contribution in [2.45, 2.75) is 12.8 Å². The molecule has 0 saturated heterocycles. The molecule has 2 aromatic heterocycles. The molecule has 1 amide bonds. The molecular weight excluding hydrogens is 410 g/mol. The zero-order valence-electron chi connectivity index (χ0n) is 16.9. The predicted molar refractivity (Wildman–Crippen MR) is 123 cm³/mol. The number of benzene rings is 2. The molecule has 0 aliphatic carbocycles. The van der Waals surface area contributed by atoms with Crippen LogP contribution in [0, 0.1) is 6.92 Å². The fourth-order valence-electron chi connectivity index (χ4n) is 3.10. The Morgan fingerprint density at radius 2 is 1.68 bits per heavy atom. The number of nitrogens with one attached hydrogen (secondary N) is 1. The molecule has 0 spiro atoms. The smallest absolute Gasteiger partial charge is 0.255 e. The lowest BCUT2D eigenvalue weighted by molar-refractivity contribution is 0.102. The molecule has 0 radical (unpaired) electrons. The van der Waals surface area contributed by atoms with Crippen LogP contribution >= 0.6 is 11.6 Å². The second-order valence-corrected chi connectivity index (χ2v) is 7.13. The Kier molecular flexibility index (Phi) is 6.19. The van der Waals surface area contributed by atoms with Crippen LogP contribution in [0.15, 0.2) is 85.3 Å². The molecule has 6 nitrogen and oxygen atoms in total. The summed E-state index contributed by atoms with van der Waals surface area (Å²) < 4.78 is 0. The summed E-state index contributed by atoms with van der Waals surface area (Å²) in [4.78, 5) is 27.9. The van der Waals surface area contributed by atoms with Crippen molar-refractivity contribution >= 4 is 40.6 Å². The number of amides is 1. The molecule has 0 atom stereocenters. The number of pyridine rings is 1. The summed E-state index contributed by atoms with van der Waals surface area (Å²) in [7, 11) is 0. The van der Waals surface area contributed by atoms with Gasteiger partial charge in [-0.05, 0) is 60.5 Å². The molecule has 0 aliphatic heterocycles. The van der Waals surface area contributed by atoms with Gasteiger partial charge in [0, 0.05) is 35.7 Å². The van der Waals surface area contributed by atoms with Crippen molar-refractivity contribution in [2.75, 3.05) is 10.2 Å². The summed E-state index contributed by atoms with van der Waals surface area (Å²) in [6, 6.07) is 20.3. The van der Waals surface area contributed by atoms with Crippen molar-refractivity contribution in [3.8, 4) is 0 Å². The molecule has 0 aliphatic rings. The topological polar surface area (TPSA) is 71.0 Å². The quantitative estimate of drug-likeness (QED) is 0.401. The van der Waals surface area contributed by atoms with E-state index in [1.165, 1.54) is 0 Å². The Morgan fingerprint density at radius 1 is 0.935 bits per heavy atom. The molecule has 2 aromatic carbocycles. The number of hydrogen-bond donors (Lipinski definition) is 1. The first kappa shape index (κ1) is 20.5. The van der Waals surface area contributed by atoms with Crippen molar-refractivity contribution in [1.29, 1.82) is 0 Å². The van der Waals surface area contributed by atoms with Crippen LogP contribution in [0.3, 0.4) is 0 Å². The van der Waals surface area contributed by atoms with Crippen LogP contribution in [0.5, 0.6) is 0 Å². The van der Waals surface area contributed by atoms with Gasteiger partial charge in [-0.2, -0.15) is 0 Å². The summed E-state index contributed by atoms with van der Waals surface area (Å²) >= 11 is 5.83. The molecule has 0 fully saturated rings. The summed E-state index contributed by atoms with van der Waals surface area (Å²) in [6.45, 7) is 1.99. The van der Waals surface area contributed by atoms with Gasteiger partial charge in [0.2, 0.25) is 5.95 Å². The van der Waals surface area contributed by atoms with E-state index in [0.717, 1.165) is 16.8 Å². The Bertz CT molecular complexity index is 1130. The van der Waals surface area contributed by atoms with E-state index < -0.39 is 0 Å². The van der Waals surface area contributed by atoms with Crippen LogP contribution in [0.25, 0.3) is 0 Å². The number of aryl methyl sites for hydroxylation is 1. The molecule has 31 heavy (non-hydrogen) atoms. The maximum absolute atomic E-state index is 12.7. The maximum Gasteiger partial charge on any atom is 0.255 e. The van der Waals surface area contributed by atoms with E-state index in [0.29, 0.717) is 28.9 Å². The Morgan fingerprint density at radius 3 is 2.35 bits per heavy atom. The highest BCUT2D eigenvalue weighted by Crippen LogP contribution is 2.34. The average Bonchev–Trinajstić information content (AvgIpc) is 2.82. The van der Waals surface area contributed by atoms with E-state index in [1.54, 1.807) is 36.8 Å². The molecule has 1 N–H and O–H groups in total. The molecule has 0 unspecified atom stereocenters. The fraction of sp³-hybridized carbons (Fsp3) is 0.0833. The first-order chi connectivity index (χ1) is 15.2. The zero-order chi connectivity index (χ0) is 21.6. The Hall–Kier alpha value is -3.77. The molecule has 4 rings (SSSR count). The SMILES string of the molecule is Cc1ccc(NC(=O)c2ccc(CCl)cc2)cc1N(c1ccccn1)c1ncccn1. The Labute approximate surface area is 185 Å². The van der Waals surface area contributed by atoms with Crippen LogP contribution in [0.1, 0.15) is 21.5 Å². The van der Waals surface area contributed by atoms with Crippen LogP contribution in [0.4, 0.5) is 23.1 Å². The number of halogens is 1. The molecule has 154 valence electrons. The lowest BCUT2D eigenvalue weighted by atomic mass is 10.1. The number of anilines is 4. The lowest BCUT2D eigenvalue weighted by Gasteiger charge is -2.24. The normalized spacial score (nSPS) is 10.5. The number of carbonyl (C=O) groups is 1. The molecule has 0 bridgehead atoms. The minimum Gasteiger partial charge on any atom is -0.322 e. The average molecular weight is 430 g/mol. The van der Waals surface area contributed by atoms with E-state index in [2.05, 4.69) is 20.3 Å². The van der Waals surface area contributed by atoms with Gasteiger partial charge in [0.05, 0.1) is 5.69 Å². The monoisotopic (exact) mass is 429 g/mol. The van der Waals surface area contributed by atoms with Gasteiger partial charge < -0.3 is 5.32 Å². The van der Waals surface area contributed by atoms with Gasteiger partial charge in [0.1, 0.15) is 5.82 Å². The summed E-state index contributed by atoms with van der Waals surface area (Å²) in [5, 5.41) is 2.96. The van der Waals surface area contributed by atoms with Crippen LogP contribution in [-0.2, 0) is 5.88 Å². The maximum atomic E-state index is 12.7. The number of nitrogens with zero attached hydrogens (tertiary/aromatic N) is 4. The molecule has 4 aromatic rings. The fourth-order valence-corrected chi connectivity index (χ4v) is 3.28. The number of rotatable bonds is 6. The summed E-state index contributed by atoms with van der Waals surface area (Å²) in [5.74, 6) is 1.38. The van der Waals surface area contributed by atoms with E-state index in [4.69, 9.17) is 11.6 Å². The van der Waals surface area contributed by atoms with Crippen molar-refractivity contribution in [1.82, 2.24) is 15.0 Å². The molecule has 7 heteroatoms.